The van der Waals surface area contributed by atoms with Crippen LogP contribution in [0.2, 0.25) is 0 Å². The molecule has 104 valence electrons. The number of H-pyrrole nitrogens is 1. The zero-order valence-corrected chi connectivity index (χ0v) is 11.1. The fraction of sp³-hybridized carbons (Fsp3) is 0.615. The topological polar surface area (TPSA) is 75.2 Å². The third-order valence-corrected chi connectivity index (χ3v) is 3.62. The van der Waals surface area contributed by atoms with Gasteiger partial charge in [-0.25, -0.2) is 4.79 Å². The Morgan fingerprint density at radius 2 is 2.21 bits per heavy atom. The third-order valence-electron chi connectivity index (χ3n) is 3.62. The van der Waals surface area contributed by atoms with Gasteiger partial charge in [0.05, 0.1) is 0 Å². The number of aromatic amines is 1. The predicted molar refractivity (Wildman–Crippen MR) is 71.0 cm³/mol. The molecule has 6 heteroatoms. The van der Waals surface area contributed by atoms with E-state index >= 15 is 0 Å². The second-order valence-corrected chi connectivity index (χ2v) is 4.88. The van der Waals surface area contributed by atoms with E-state index < -0.39 is 11.2 Å². The van der Waals surface area contributed by atoms with Crippen molar-refractivity contribution >= 4 is 5.91 Å². The second-order valence-electron chi connectivity index (χ2n) is 4.88. The van der Waals surface area contributed by atoms with Gasteiger partial charge in [-0.05, 0) is 25.7 Å². The number of aromatic nitrogens is 2. The Labute approximate surface area is 111 Å². The SMILES string of the molecule is CC[C@@H]1CCCCN1C(=O)Cn1ccc(=O)[nH]c1=O. The summed E-state index contributed by atoms with van der Waals surface area (Å²) in [6, 6.07) is 1.53. The molecule has 0 bridgehead atoms. The van der Waals surface area contributed by atoms with Gasteiger partial charge in [-0.2, -0.15) is 0 Å². The minimum absolute atomic E-state index is 0.00782. The number of amides is 1. The molecule has 0 saturated carbocycles. The molecule has 1 amide bonds. The van der Waals surface area contributed by atoms with E-state index in [1.165, 1.54) is 16.8 Å². The Hall–Kier alpha value is -1.85. The molecular formula is C13H19N3O3. The summed E-state index contributed by atoms with van der Waals surface area (Å²) < 4.78 is 1.24. The highest BCUT2D eigenvalue weighted by molar-refractivity contribution is 5.76. The van der Waals surface area contributed by atoms with Crippen LogP contribution in [0.4, 0.5) is 0 Å². The van der Waals surface area contributed by atoms with Crippen LogP contribution in [0.3, 0.4) is 0 Å². The van der Waals surface area contributed by atoms with E-state index in [0.717, 1.165) is 32.2 Å². The van der Waals surface area contributed by atoms with E-state index in [1.54, 1.807) is 0 Å². The number of carbonyl (C=O) groups excluding carboxylic acids is 1. The molecule has 0 aliphatic carbocycles. The van der Waals surface area contributed by atoms with Crippen LogP contribution in [0, 0.1) is 0 Å². The quantitative estimate of drug-likeness (QED) is 0.855. The summed E-state index contributed by atoms with van der Waals surface area (Å²) in [5.41, 5.74) is -0.982. The van der Waals surface area contributed by atoms with E-state index in [1.807, 2.05) is 4.90 Å². The number of nitrogens with zero attached hydrogens (tertiary/aromatic N) is 2. The molecule has 1 fully saturated rings. The zero-order chi connectivity index (χ0) is 13.8. The van der Waals surface area contributed by atoms with Crippen LogP contribution in [0.1, 0.15) is 32.6 Å². The maximum absolute atomic E-state index is 12.2. The van der Waals surface area contributed by atoms with Crippen molar-refractivity contribution in [1.29, 1.82) is 0 Å². The van der Waals surface area contributed by atoms with Crippen molar-refractivity contribution < 1.29 is 4.79 Å². The van der Waals surface area contributed by atoms with E-state index in [-0.39, 0.29) is 18.5 Å². The first-order valence-electron chi connectivity index (χ1n) is 6.71. The fourth-order valence-corrected chi connectivity index (χ4v) is 2.56. The summed E-state index contributed by atoms with van der Waals surface area (Å²) in [6.07, 6.45) is 5.50. The highest BCUT2D eigenvalue weighted by Gasteiger charge is 2.25. The van der Waals surface area contributed by atoms with Crippen LogP contribution in [-0.4, -0.2) is 32.9 Å². The van der Waals surface area contributed by atoms with Crippen molar-refractivity contribution in [3.63, 3.8) is 0 Å². The Balaban J connectivity index is 2.11. The summed E-state index contributed by atoms with van der Waals surface area (Å²) >= 11 is 0. The molecule has 1 N–H and O–H groups in total. The first-order chi connectivity index (χ1) is 9.11. The van der Waals surface area contributed by atoms with Gasteiger partial charge in [0.25, 0.3) is 5.56 Å². The van der Waals surface area contributed by atoms with Crippen molar-refractivity contribution in [1.82, 2.24) is 14.5 Å². The molecule has 2 heterocycles. The molecule has 2 rings (SSSR count). The number of nitrogens with one attached hydrogen (secondary N) is 1. The Morgan fingerprint density at radius 1 is 1.42 bits per heavy atom. The van der Waals surface area contributed by atoms with E-state index in [4.69, 9.17) is 0 Å². The fourth-order valence-electron chi connectivity index (χ4n) is 2.56. The predicted octanol–water partition coefficient (Wildman–Crippen LogP) is 0.328. The number of likely N-dealkylation sites (tertiary alicyclic amines) is 1. The molecule has 1 aliphatic rings. The van der Waals surface area contributed by atoms with Crippen molar-refractivity contribution in [2.45, 2.75) is 45.2 Å². The number of carbonyl (C=O) groups is 1. The van der Waals surface area contributed by atoms with Gasteiger partial charge in [0.1, 0.15) is 6.54 Å². The van der Waals surface area contributed by atoms with E-state index in [2.05, 4.69) is 11.9 Å². The maximum Gasteiger partial charge on any atom is 0.328 e. The first kappa shape index (κ1) is 13.6. The van der Waals surface area contributed by atoms with Crippen LogP contribution in [0.25, 0.3) is 0 Å². The molecule has 1 aliphatic heterocycles. The number of hydrogen-bond donors (Lipinski definition) is 1. The minimum Gasteiger partial charge on any atom is -0.338 e. The standard InChI is InChI=1S/C13H19N3O3/c1-2-10-5-3-4-7-16(10)12(18)9-15-8-6-11(17)14-13(15)19/h6,8,10H,2-5,7,9H2,1H3,(H,14,17,19)/t10-/m1/s1. The zero-order valence-electron chi connectivity index (χ0n) is 11.1. The van der Waals surface area contributed by atoms with Crippen molar-refractivity contribution in [3.05, 3.63) is 33.1 Å². The Bertz CT molecular complexity index is 561. The third kappa shape index (κ3) is 3.13. The normalized spacial score (nSPS) is 19.4. The number of hydrogen-bond acceptors (Lipinski definition) is 3. The molecule has 6 nitrogen and oxygen atoms in total. The summed E-state index contributed by atoms with van der Waals surface area (Å²) in [7, 11) is 0. The molecule has 1 aromatic heterocycles. The molecule has 1 atom stereocenters. The Morgan fingerprint density at radius 3 is 2.89 bits per heavy atom. The van der Waals surface area contributed by atoms with Gasteiger partial charge in [-0.1, -0.05) is 6.92 Å². The van der Waals surface area contributed by atoms with Gasteiger partial charge in [0, 0.05) is 24.8 Å². The first-order valence-corrected chi connectivity index (χ1v) is 6.71. The smallest absolute Gasteiger partial charge is 0.328 e. The van der Waals surface area contributed by atoms with Crippen molar-refractivity contribution in [2.75, 3.05) is 6.54 Å². The van der Waals surface area contributed by atoms with E-state index in [0.29, 0.717) is 0 Å². The van der Waals surface area contributed by atoms with Crippen molar-refractivity contribution in [2.24, 2.45) is 0 Å². The van der Waals surface area contributed by atoms with Crippen LogP contribution >= 0.6 is 0 Å². The minimum atomic E-state index is -0.536. The van der Waals surface area contributed by atoms with Crippen LogP contribution in [0.5, 0.6) is 0 Å². The molecule has 0 unspecified atom stereocenters. The summed E-state index contributed by atoms with van der Waals surface area (Å²) in [4.78, 5) is 38.8. The van der Waals surface area contributed by atoms with Crippen LogP contribution in [-0.2, 0) is 11.3 Å². The summed E-state index contributed by atoms with van der Waals surface area (Å²) in [5.74, 6) is -0.0549. The molecule has 1 saturated heterocycles. The van der Waals surface area contributed by atoms with Gasteiger partial charge in [-0.15, -0.1) is 0 Å². The molecule has 1 aromatic rings. The van der Waals surface area contributed by atoms with Gasteiger partial charge in [-0.3, -0.25) is 19.1 Å². The summed E-state index contributed by atoms with van der Waals surface area (Å²) in [6.45, 7) is 2.82. The number of piperidine rings is 1. The second kappa shape index (κ2) is 5.86. The van der Waals surface area contributed by atoms with E-state index in [9.17, 15) is 14.4 Å². The summed E-state index contributed by atoms with van der Waals surface area (Å²) in [5, 5.41) is 0. The highest BCUT2D eigenvalue weighted by atomic mass is 16.2. The lowest BCUT2D eigenvalue weighted by atomic mass is 10.00. The highest BCUT2D eigenvalue weighted by Crippen LogP contribution is 2.19. The number of rotatable bonds is 3. The largest absolute Gasteiger partial charge is 0.338 e. The average molecular weight is 265 g/mol. The molecule has 0 spiro atoms. The van der Waals surface area contributed by atoms with Crippen LogP contribution in [0.15, 0.2) is 21.9 Å². The van der Waals surface area contributed by atoms with Gasteiger partial charge in [0.15, 0.2) is 0 Å². The lowest BCUT2D eigenvalue weighted by Crippen LogP contribution is -2.46. The maximum atomic E-state index is 12.2. The molecule has 0 aromatic carbocycles. The van der Waals surface area contributed by atoms with Gasteiger partial charge in [0.2, 0.25) is 5.91 Å². The van der Waals surface area contributed by atoms with Crippen LogP contribution < -0.4 is 11.2 Å². The lowest BCUT2D eigenvalue weighted by Gasteiger charge is -2.35. The average Bonchev–Trinajstić information content (AvgIpc) is 2.41. The monoisotopic (exact) mass is 265 g/mol. The lowest BCUT2D eigenvalue weighted by molar-refractivity contribution is -0.135. The Kier molecular flexibility index (Phi) is 4.19. The van der Waals surface area contributed by atoms with Crippen molar-refractivity contribution in [3.8, 4) is 0 Å². The molecule has 0 radical (unpaired) electrons. The molecular weight excluding hydrogens is 246 g/mol. The molecule has 19 heavy (non-hydrogen) atoms. The van der Waals surface area contributed by atoms with Gasteiger partial charge >= 0.3 is 5.69 Å². The van der Waals surface area contributed by atoms with Gasteiger partial charge < -0.3 is 4.90 Å².